The van der Waals surface area contributed by atoms with Gasteiger partial charge in [0.15, 0.2) is 0 Å². The van der Waals surface area contributed by atoms with Gasteiger partial charge in [0, 0.05) is 22.1 Å². The summed E-state index contributed by atoms with van der Waals surface area (Å²) >= 11 is 9.27. The van der Waals surface area contributed by atoms with Gasteiger partial charge in [0.1, 0.15) is 0 Å². The van der Waals surface area contributed by atoms with E-state index < -0.39 is 0 Å². The van der Waals surface area contributed by atoms with E-state index in [9.17, 15) is 4.79 Å². The Labute approximate surface area is 127 Å². The molecule has 0 bridgehead atoms. The Bertz CT molecular complexity index is 481. The molecule has 0 spiro atoms. The van der Waals surface area contributed by atoms with Gasteiger partial charge in [-0.3, -0.25) is 4.79 Å². The van der Waals surface area contributed by atoms with Crippen molar-refractivity contribution in [2.24, 2.45) is 5.92 Å². The zero-order chi connectivity index (χ0) is 14.0. The molecule has 19 heavy (non-hydrogen) atoms. The minimum absolute atomic E-state index is 0.0371. The summed E-state index contributed by atoms with van der Waals surface area (Å²) in [6.45, 7) is 4.22. The molecule has 1 amide bonds. The van der Waals surface area contributed by atoms with Crippen molar-refractivity contribution < 1.29 is 4.79 Å². The van der Waals surface area contributed by atoms with Crippen LogP contribution in [0.3, 0.4) is 0 Å². The zero-order valence-corrected chi connectivity index (χ0v) is 13.5. The van der Waals surface area contributed by atoms with Crippen molar-refractivity contribution in [3.63, 3.8) is 0 Å². The number of halogens is 2. The van der Waals surface area contributed by atoms with E-state index in [1.54, 1.807) is 18.2 Å². The molecule has 1 aromatic carbocycles. The summed E-state index contributed by atoms with van der Waals surface area (Å²) in [6.07, 6.45) is 0.995. The maximum Gasteiger partial charge on any atom is 0.252 e. The number of benzene rings is 1. The first-order valence-corrected chi connectivity index (χ1v) is 7.59. The second-order valence-corrected chi connectivity index (χ2v) is 6.52. The lowest BCUT2D eigenvalue weighted by Crippen LogP contribution is -2.48. The maximum absolute atomic E-state index is 12.3. The molecule has 0 radical (unpaired) electrons. The Morgan fingerprint density at radius 3 is 2.89 bits per heavy atom. The molecule has 1 aliphatic heterocycles. The van der Waals surface area contributed by atoms with E-state index in [-0.39, 0.29) is 11.9 Å². The van der Waals surface area contributed by atoms with E-state index in [0.717, 1.165) is 24.0 Å². The number of hydrogen-bond donors (Lipinski definition) is 1. The highest BCUT2D eigenvalue weighted by Gasteiger charge is 2.26. The van der Waals surface area contributed by atoms with Gasteiger partial charge in [0.05, 0.1) is 5.56 Å². The van der Waals surface area contributed by atoms with Gasteiger partial charge >= 0.3 is 0 Å². The minimum atomic E-state index is -0.0371. The van der Waals surface area contributed by atoms with E-state index in [1.807, 2.05) is 0 Å². The van der Waals surface area contributed by atoms with E-state index in [1.165, 1.54) is 0 Å². The fourth-order valence-electron chi connectivity index (χ4n) is 2.49. The predicted octanol–water partition coefficient (Wildman–Crippen LogP) is 3.17. The van der Waals surface area contributed by atoms with E-state index in [0.29, 0.717) is 16.5 Å². The molecule has 1 aliphatic rings. The number of piperidine rings is 1. The molecule has 1 N–H and O–H groups in total. The van der Waals surface area contributed by atoms with Crippen molar-refractivity contribution in [3.05, 3.63) is 33.3 Å². The summed E-state index contributed by atoms with van der Waals surface area (Å²) in [5, 5.41) is 3.75. The third-order valence-electron chi connectivity index (χ3n) is 3.60. The molecule has 2 rings (SSSR count). The molecule has 1 heterocycles. The zero-order valence-electron chi connectivity index (χ0n) is 11.1. The van der Waals surface area contributed by atoms with Crippen LogP contribution in [-0.2, 0) is 0 Å². The van der Waals surface area contributed by atoms with Crippen molar-refractivity contribution in [3.8, 4) is 0 Å². The van der Waals surface area contributed by atoms with Crippen LogP contribution < -0.4 is 5.32 Å². The van der Waals surface area contributed by atoms with Crippen molar-refractivity contribution in [2.75, 3.05) is 20.1 Å². The number of nitrogens with one attached hydrogen (secondary N) is 1. The van der Waals surface area contributed by atoms with Gasteiger partial charge in [-0.2, -0.15) is 0 Å². The molecular formula is C14H18BrClN2O. The molecular weight excluding hydrogens is 328 g/mol. The lowest BCUT2D eigenvalue weighted by Gasteiger charge is -2.35. The molecule has 2 atom stereocenters. The lowest BCUT2D eigenvalue weighted by molar-refractivity contribution is 0.0883. The summed E-state index contributed by atoms with van der Waals surface area (Å²) in [5.74, 6) is 0.429. The van der Waals surface area contributed by atoms with Crippen LogP contribution in [0.5, 0.6) is 0 Å². The maximum atomic E-state index is 12.3. The standard InChI is InChI=1S/C14H18BrClN2O/c1-9-8-18(2)6-5-13(9)17-14(19)11-4-3-10(16)7-12(11)15/h3-4,7,9,13H,5-6,8H2,1-2H3,(H,17,19). The Hall–Kier alpha value is -0.580. The van der Waals surface area contributed by atoms with Gasteiger partial charge in [-0.25, -0.2) is 0 Å². The number of nitrogens with zero attached hydrogens (tertiary/aromatic N) is 1. The molecule has 1 saturated heterocycles. The number of amides is 1. The van der Waals surface area contributed by atoms with Crippen LogP contribution in [-0.4, -0.2) is 37.0 Å². The number of hydrogen-bond acceptors (Lipinski definition) is 2. The summed E-state index contributed by atoms with van der Waals surface area (Å²) in [5.41, 5.74) is 0.635. The van der Waals surface area contributed by atoms with Crippen LogP contribution in [0.15, 0.2) is 22.7 Å². The number of rotatable bonds is 2. The summed E-state index contributed by atoms with van der Waals surface area (Å²) in [4.78, 5) is 14.6. The highest BCUT2D eigenvalue weighted by molar-refractivity contribution is 9.10. The van der Waals surface area contributed by atoms with E-state index >= 15 is 0 Å². The molecule has 0 saturated carbocycles. The van der Waals surface area contributed by atoms with Crippen LogP contribution in [0.1, 0.15) is 23.7 Å². The highest BCUT2D eigenvalue weighted by Crippen LogP contribution is 2.22. The Morgan fingerprint density at radius 1 is 1.53 bits per heavy atom. The molecule has 0 aliphatic carbocycles. The van der Waals surface area contributed by atoms with Crippen molar-refractivity contribution in [2.45, 2.75) is 19.4 Å². The first-order valence-electron chi connectivity index (χ1n) is 6.42. The topological polar surface area (TPSA) is 32.3 Å². The fourth-order valence-corrected chi connectivity index (χ4v) is 3.35. The number of carbonyl (C=O) groups is 1. The average Bonchev–Trinajstić information content (AvgIpc) is 2.32. The van der Waals surface area contributed by atoms with Gasteiger partial charge < -0.3 is 10.2 Å². The predicted molar refractivity (Wildman–Crippen MR) is 81.7 cm³/mol. The first-order chi connectivity index (χ1) is 8.97. The van der Waals surface area contributed by atoms with E-state index in [2.05, 4.69) is 40.1 Å². The third-order valence-corrected chi connectivity index (χ3v) is 4.49. The Morgan fingerprint density at radius 2 is 2.26 bits per heavy atom. The lowest BCUT2D eigenvalue weighted by atomic mass is 9.94. The summed E-state index contributed by atoms with van der Waals surface area (Å²) in [6, 6.07) is 5.47. The first kappa shape index (κ1) is 14.8. The molecule has 2 unspecified atom stereocenters. The monoisotopic (exact) mass is 344 g/mol. The van der Waals surface area contributed by atoms with Crippen LogP contribution in [0.4, 0.5) is 0 Å². The molecule has 104 valence electrons. The SMILES string of the molecule is CC1CN(C)CCC1NC(=O)c1ccc(Cl)cc1Br. The van der Waals surface area contributed by atoms with E-state index in [4.69, 9.17) is 11.6 Å². The largest absolute Gasteiger partial charge is 0.349 e. The minimum Gasteiger partial charge on any atom is -0.349 e. The van der Waals surface area contributed by atoms with Gasteiger partial charge in [-0.1, -0.05) is 18.5 Å². The highest BCUT2D eigenvalue weighted by atomic mass is 79.9. The molecule has 5 heteroatoms. The van der Waals surface area contributed by atoms with Gasteiger partial charge in [0.2, 0.25) is 0 Å². The smallest absolute Gasteiger partial charge is 0.252 e. The van der Waals surface area contributed by atoms with Crippen molar-refractivity contribution >= 4 is 33.4 Å². The number of likely N-dealkylation sites (tertiary alicyclic amines) is 1. The fraction of sp³-hybridized carbons (Fsp3) is 0.500. The second-order valence-electron chi connectivity index (χ2n) is 5.23. The molecule has 3 nitrogen and oxygen atoms in total. The quantitative estimate of drug-likeness (QED) is 0.893. The van der Waals surface area contributed by atoms with Crippen LogP contribution in [0.2, 0.25) is 5.02 Å². The molecule has 1 fully saturated rings. The van der Waals surface area contributed by atoms with Gasteiger partial charge in [0.25, 0.3) is 5.91 Å². The Balaban J connectivity index is 2.04. The summed E-state index contributed by atoms with van der Waals surface area (Å²) < 4.78 is 0.734. The number of carbonyl (C=O) groups excluding carboxylic acids is 1. The normalized spacial score (nSPS) is 24.2. The van der Waals surface area contributed by atoms with Crippen LogP contribution >= 0.6 is 27.5 Å². The molecule has 1 aromatic rings. The van der Waals surface area contributed by atoms with Gasteiger partial charge in [-0.05, 0) is 60.1 Å². The van der Waals surface area contributed by atoms with Crippen molar-refractivity contribution in [1.29, 1.82) is 0 Å². The van der Waals surface area contributed by atoms with Gasteiger partial charge in [-0.15, -0.1) is 0 Å². The third kappa shape index (κ3) is 3.71. The van der Waals surface area contributed by atoms with Crippen LogP contribution in [0.25, 0.3) is 0 Å². The average molecular weight is 346 g/mol. The van der Waals surface area contributed by atoms with Crippen molar-refractivity contribution in [1.82, 2.24) is 10.2 Å². The van der Waals surface area contributed by atoms with Crippen LogP contribution in [0, 0.1) is 5.92 Å². The summed E-state index contributed by atoms with van der Waals surface area (Å²) in [7, 11) is 2.12. The molecule has 0 aromatic heterocycles. The second kappa shape index (κ2) is 6.25. The Kier molecular flexibility index (Phi) is 4.87.